The highest BCUT2D eigenvalue weighted by Gasteiger charge is 2.23. The maximum absolute atomic E-state index is 13.0. The number of rotatable bonds is 3. The Morgan fingerprint density at radius 3 is 2.44 bits per heavy atom. The lowest BCUT2D eigenvalue weighted by Crippen LogP contribution is -2.49. The van der Waals surface area contributed by atoms with Crippen molar-refractivity contribution >= 4 is 22.5 Å². The smallest absolute Gasteiger partial charge is 0.227 e. The second-order valence-electron chi connectivity index (χ2n) is 7.52. The molecule has 0 bridgehead atoms. The number of amides is 1. The Labute approximate surface area is 161 Å². The number of carbonyl (C=O) groups is 1. The van der Waals surface area contributed by atoms with Gasteiger partial charge in [-0.15, -0.1) is 0 Å². The standard InChI is InChI=1S/C23H27N3O/c1-17-7-6-8-19(15-17)25-11-13-26(14-12-25)23(27)16-21-18(2)24(3)22-10-5-4-9-20(21)22/h4-10,15H,11-14,16H2,1-3H3. The zero-order chi connectivity index (χ0) is 19.0. The number of hydrogen-bond acceptors (Lipinski definition) is 2. The minimum Gasteiger partial charge on any atom is -0.368 e. The van der Waals surface area contributed by atoms with E-state index in [-0.39, 0.29) is 5.91 Å². The number of nitrogens with zero attached hydrogens (tertiary/aromatic N) is 3. The van der Waals surface area contributed by atoms with Crippen LogP contribution in [0.25, 0.3) is 10.9 Å². The molecule has 140 valence electrons. The fourth-order valence-corrected chi connectivity index (χ4v) is 4.12. The summed E-state index contributed by atoms with van der Waals surface area (Å²) in [7, 11) is 2.08. The fraction of sp³-hybridized carbons (Fsp3) is 0.348. The van der Waals surface area contributed by atoms with Crippen LogP contribution >= 0.6 is 0 Å². The van der Waals surface area contributed by atoms with Crippen LogP contribution < -0.4 is 4.90 Å². The fourth-order valence-electron chi connectivity index (χ4n) is 4.12. The summed E-state index contributed by atoms with van der Waals surface area (Å²) in [5.41, 5.74) is 6.08. The first-order chi connectivity index (χ1) is 13.0. The maximum Gasteiger partial charge on any atom is 0.227 e. The van der Waals surface area contributed by atoms with Gasteiger partial charge in [0, 0.05) is 55.5 Å². The lowest BCUT2D eigenvalue weighted by atomic mass is 10.1. The molecule has 0 atom stereocenters. The Balaban J connectivity index is 1.46. The summed E-state index contributed by atoms with van der Waals surface area (Å²) in [5.74, 6) is 0.235. The predicted octanol–water partition coefficient (Wildman–Crippen LogP) is 3.69. The van der Waals surface area contributed by atoms with E-state index in [0.717, 1.165) is 26.2 Å². The molecule has 1 saturated heterocycles. The van der Waals surface area contributed by atoms with Gasteiger partial charge < -0.3 is 14.4 Å². The van der Waals surface area contributed by atoms with Crippen molar-refractivity contribution in [2.45, 2.75) is 20.3 Å². The minimum absolute atomic E-state index is 0.235. The minimum atomic E-state index is 0.235. The molecule has 1 fully saturated rings. The number of para-hydroxylation sites is 1. The zero-order valence-corrected chi connectivity index (χ0v) is 16.4. The first-order valence-corrected chi connectivity index (χ1v) is 9.67. The van der Waals surface area contributed by atoms with E-state index < -0.39 is 0 Å². The molecular formula is C23H27N3O. The first-order valence-electron chi connectivity index (χ1n) is 9.67. The van der Waals surface area contributed by atoms with Gasteiger partial charge in [0.15, 0.2) is 0 Å². The number of aryl methyl sites for hydroxylation is 2. The summed E-state index contributed by atoms with van der Waals surface area (Å²) in [4.78, 5) is 17.4. The number of aromatic nitrogens is 1. The van der Waals surface area contributed by atoms with Gasteiger partial charge >= 0.3 is 0 Å². The van der Waals surface area contributed by atoms with E-state index in [1.165, 1.54) is 33.4 Å². The third-order valence-electron chi connectivity index (χ3n) is 5.86. The summed E-state index contributed by atoms with van der Waals surface area (Å²) >= 11 is 0. The van der Waals surface area contributed by atoms with Gasteiger partial charge in [-0.25, -0.2) is 0 Å². The number of piperazine rings is 1. The molecule has 0 unspecified atom stereocenters. The molecule has 1 aliphatic heterocycles. The van der Waals surface area contributed by atoms with E-state index in [0.29, 0.717) is 6.42 Å². The highest BCUT2D eigenvalue weighted by Crippen LogP contribution is 2.26. The SMILES string of the molecule is Cc1cccc(N2CCN(C(=O)Cc3c(C)n(C)c4ccccc34)CC2)c1. The molecule has 0 aliphatic carbocycles. The summed E-state index contributed by atoms with van der Waals surface area (Å²) in [5, 5.41) is 1.20. The van der Waals surface area contributed by atoms with Gasteiger partial charge in [-0.1, -0.05) is 30.3 Å². The molecule has 4 heteroatoms. The average molecular weight is 361 g/mol. The molecule has 0 saturated carbocycles. The Kier molecular flexibility index (Phi) is 4.65. The Hall–Kier alpha value is -2.75. The molecule has 2 aromatic carbocycles. The van der Waals surface area contributed by atoms with Crippen LogP contribution in [0.15, 0.2) is 48.5 Å². The summed E-state index contributed by atoms with van der Waals surface area (Å²) in [6.45, 7) is 7.59. The Bertz CT molecular complexity index is 980. The van der Waals surface area contributed by atoms with Gasteiger partial charge in [-0.2, -0.15) is 0 Å². The van der Waals surface area contributed by atoms with E-state index in [1.807, 2.05) is 4.90 Å². The van der Waals surface area contributed by atoms with Gasteiger partial charge in [0.2, 0.25) is 5.91 Å². The highest BCUT2D eigenvalue weighted by atomic mass is 16.2. The average Bonchev–Trinajstić information content (AvgIpc) is 2.93. The van der Waals surface area contributed by atoms with Crippen LogP contribution in [0.5, 0.6) is 0 Å². The van der Waals surface area contributed by atoms with Crippen molar-refractivity contribution in [3.05, 3.63) is 65.4 Å². The summed E-state index contributed by atoms with van der Waals surface area (Å²) < 4.78 is 2.19. The van der Waals surface area contributed by atoms with E-state index in [9.17, 15) is 4.79 Å². The van der Waals surface area contributed by atoms with Crippen LogP contribution in [0.4, 0.5) is 5.69 Å². The van der Waals surface area contributed by atoms with Crippen LogP contribution in [0.1, 0.15) is 16.8 Å². The van der Waals surface area contributed by atoms with Crippen molar-refractivity contribution in [2.75, 3.05) is 31.1 Å². The molecular weight excluding hydrogens is 334 g/mol. The van der Waals surface area contributed by atoms with Gasteiger partial charge in [0.1, 0.15) is 0 Å². The van der Waals surface area contributed by atoms with Crippen molar-refractivity contribution in [1.29, 1.82) is 0 Å². The van der Waals surface area contributed by atoms with E-state index in [4.69, 9.17) is 0 Å². The monoisotopic (exact) mass is 361 g/mol. The molecule has 0 radical (unpaired) electrons. The van der Waals surface area contributed by atoms with Crippen molar-refractivity contribution in [3.8, 4) is 0 Å². The number of carbonyl (C=O) groups excluding carboxylic acids is 1. The predicted molar refractivity (Wildman–Crippen MR) is 111 cm³/mol. The topological polar surface area (TPSA) is 28.5 Å². The number of benzene rings is 2. The van der Waals surface area contributed by atoms with E-state index in [1.54, 1.807) is 0 Å². The zero-order valence-electron chi connectivity index (χ0n) is 16.4. The third kappa shape index (κ3) is 3.32. The largest absolute Gasteiger partial charge is 0.368 e. The molecule has 0 spiro atoms. The number of anilines is 1. The molecule has 3 aromatic rings. The molecule has 27 heavy (non-hydrogen) atoms. The van der Waals surface area contributed by atoms with Gasteiger partial charge in [-0.05, 0) is 43.2 Å². The van der Waals surface area contributed by atoms with Crippen LogP contribution in [0.3, 0.4) is 0 Å². The Morgan fingerprint density at radius 2 is 1.70 bits per heavy atom. The van der Waals surface area contributed by atoms with Crippen molar-refractivity contribution < 1.29 is 4.79 Å². The van der Waals surface area contributed by atoms with Crippen LogP contribution in [-0.4, -0.2) is 41.6 Å². The number of hydrogen-bond donors (Lipinski definition) is 0. The third-order valence-corrected chi connectivity index (χ3v) is 5.86. The van der Waals surface area contributed by atoms with Crippen LogP contribution in [0, 0.1) is 13.8 Å². The van der Waals surface area contributed by atoms with Gasteiger partial charge in [0.05, 0.1) is 6.42 Å². The van der Waals surface area contributed by atoms with Crippen molar-refractivity contribution in [3.63, 3.8) is 0 Å². The molecule has 0 N–H and O–H groups in total. The normalized spacial score (nSPS) is 14.8. The molecule has 2 heterocycles. The van der Waals surface area contributed by atoms with Crippen LogP contribution in [-0.2, 0) is 18.3 Å². The summed E-state index contributed by atoms with van der Waals surface area (Å²) in [6.07, 6.45) is 0.484. The summed E-state index contributed by atoms with van der Waals surface area (Å²) in [6, 6.07) is 17.0. The van der Waals surface area contributed by atoms with Crippen LogP contribution in [0.2, 0.25) is 0 Å². The lowest BCUT2D eigenvalue weighted by Gasteiger charge is -2.36. The van der Waals surface area contributed by atoms with Gasteiger partial charge in [-0.3, -0.25) is 4.79 Å². The van der Waals surface area contributed by atoms with E-state index >= 15 is 0 Å². The Morgan fingerprint density at radius 1 is 0.963 bits per heavy atom. The molecule has 1 aromatic heterocycles. The molecule has 4 nitrogen and oxygen atoms in total. The quantitative estimate of drug-likeness (QED) is 0.712. The molecule has 4 rings (SSSR count). The number of fused-ring (bicyclic) bond motifs is 1. The van der Waals surface area contributed by atoms with Gasteiger partial charge in [0.25, 0.3) is 0 Å². The van der Waals surface area contributed by atoms with Crippen molar-refractivity contribution in [1.82, 2.24) is 9.47 Å². The molecule has 1 amide bonds. The second-order valence-corrected chi connectivity index (χ2v) is 7.52. The second kappa shape index (κ2) is 7.10. The van der Waals surface area contributed by atoms with E-state index in [2.05, 4.69) is 78.9 Å². The lowest BCUT2D eigenvalue weighted by molar-refractivity contribution is -0.130. The maximum atomic E-state index is 13.0. The first kappa shape index (κ1) is 17.7. The highest BCUT2D eigenvalue weighted by molar-refractivity contribution is 5.90. The van der Waals surface area contributed by atoms with Crippen molar-refractivity contribution in [2.24, 2.45) is 7.05 Å². The molecule has 1 aliphatic rings.